The summed E-state index contributed by atoms with van der Waals surface area (Å²) in [7, 11) is 0. The Morgan fingerprint density at radius 3 is 2.12 bits per heavy atom. The molecule has 0 aliphatic heterocycles. The van der Waals surface area contributed by atoms with Crippen LogP contribution in [0.1, 0.15) is 107 Å². The van der Waals surface area contributed by atoms with Gasteiger partial charge in [0.05, 0.1) is 12.2 Å². The molecule has 2 nitrogen and oxygen atoms in total. The highest BCUT2D eigenvalue weighted by atomic mass is 16.3. The van der Waals surface area contributed by atoms with Crippen molar-refractivity contribution in [3.05, 3.63) is 11.6 Å². The number of hydrogen-bond acceptors (Lipinski definition) is 2. The first-order chi connectivity index (χ1) is 14.7. The molecule has 182 valence electrons. The Hall–Kier alpha value is -0.340. The van der Waals surface area contributed by atoms with Gasteiger partial charge >= 0.3 is 0 Å². The predicted molar refractivity (Wildman–Crippen MR) is 132 cm³/mol. The summed E-state index contributed by atoms with van der Waals surface area (Å²) in [5, 5.41) is 22.9. The predicted octanol–water partition coefficient (Wildman–Crippen LogP) is 7.00. The van der Waals surface area contributed by atoms with Gasteiger partial charge in [-0.15, -0.1) is 0 Å². The zero-order valence-corrected chi connectivity index (χ0v) is 22.2. The van der Waals surface area contributed by atoms with Crippen LogP contribution in [0.2, 0.25) is 0 Å². The molecular weight excluding hydrogens is 392 g/mol. The summed E-state index contributed by atoms with van der Waals surface area (Å²) in [5.74, 6) is 3.23. The normalized spacial score (nSPS) is 56.7. The molecule has 32 heavy (non-hydrogen) atoms. The Balaban J connectivity index is 1.60. The van der Waals surface area contributed by atoms with Gasteiger partial charge in [0.2, 0.25) is 0 Å². The molecule has 0 spiro atoms. The van der Waals surface area contributed by atoms with Crippen molar-refractivity contribution >= 4 is 0 Å². The Morgan fingerprint density at radius 1 is 0.812 bits per heavy atom. The van der Waals surface area contributed by atoms with Crippen molar-refractivity contribution in [2.75, 3.05) is 0 Å². The minimum atomic E-state index is -0.347. The van der Waals surface area contributed by atoms with Crippen molar-refractivity contribution in [3.63, 3.8) is 0 Å². The Labute approximate surface area is 197 Å². The van der Waals surface area contributed by atoms with E-state index in [4.69, 9.17) is 0 Å². The second-order valence-corrected chi connectivity index (χ2v) is 14.7. The average molecular weight is 443 g/mol. The van der Waals surface area contributed by atoms with Crippen LogP contribution in [-0.2, 0) is 0 Å². The van der Waals surface area contributed by atoms with Crippen LogP contribution < -0.4 is 0 Å². The van der Waals surface area contributed by atoms with Gasteiger partial charge in [-0.1, -0.05) is 67.0 Å². The molecule has 0 bridgehead atoms. The van der Waals surface area contributed by atoms with E-state index in [2.05, 4.69) is 61.5 Å². The van der Waals surface area contributed by atoms with Crippen LogP contribution in [-0.4, -0.2) is 22.4 Å². The van der Waals surface area contributed by atoms with Gasteiger partial charge in [-0.2, -0.15) is 0 Å². The molecular formula is C30H50O2. The lowest BCUT2D eigenvalue weighted by Crippen LogP contribution is -2.65. The van der Waals surface area contributed by atoms with Gasteiger partial charge in [0.15, 0.2) is 0 Å². The van der Waals surface area contributed by atoms with E-state index in [0.717, 1.165) is 24.7 Å². The van der Waals surface area contributed by atoms with Crippen LogP contribution in [0.5, 0.6) is 0 Å². The summed E-state index contributed by atoms with van der Waals surface area (Å²) in [5.41, 5.74) is 2.14. The number of hydrogen-bond donors (Lipinski definition) is 2. The van der Waals surface area contributed by atoms with Crippen LogP contribution in [0.4, 0.5) is 0 Å². The zero-order valence-electron chi connectivity index (χ0n) is 22.2. The van der Waals surface area contributed by atoms with E-state index in [-0.39, 0.29) is 33.9 Å². The van der Waals surface area contributed by atoms with Crippen LogP contribution >= 0.6 is 0 Å². The third-order valence-corrected chi connectivity index (χ3v) is 13.3. The maximum atomic E-state index is 12.0. The van der Waals surface area contributed by atoms with E-state index >= 15 is 0 Å². The minimum Gasteiger partial charge on any atom is -0.393 e. The van der Waals surface area contributed by atoms with Crippen molar-refractivity contribution < 1.29 is 10.2 Å². The number of allylic oxidation sites excluding steroid dienone is 1. The SMILES string of the molecule is CC(C)[C@H]1CC[C@@H]2[C@]1(C)CC[C@]1(C)[C@H]3CC[C@H]4C(C)(C)[C@@H](O)CC[C@]4(C)C3=C[C@H](O)[C@@]21C. The highest BCUT2D eigenvalue weighted by molar-refractivity contribution is 5.35. The van der Waals surface area contributed by atoms with Crippen LogP contribution in [0.25, 0.3) is 0 Å². The van der Waals surface area contributed by atoms with Crippen LogP contribution in [0, 0.1) is 56.7 Å². The molecule has 0 aromatic carbocycles. The smallest absolute Gasteiger partial charge is 0.0785 e. The number of fused-ring (bicyclic) bond motifs is 7. The van der Waals surface area contributed by atoms with Crippen LogP contribution in [0.15, 0.2) is 11.6 Å². The lowest BCUT2D eigenvalue weighted by molar-refractivity contribution is -0.200. The highest BCUT2D eigenvalue weighted by Crippen LogP contribution is 2.76. The molecule has 5 rings (SSSR count). The van der Waals surface area contributed by atoms with Gasteiger partial charge in [0.1, 0.15) is 0 Å². The second-order valence-electron chi connectivity index (χ2n) is 14.7. The number of aliphatic hydroxyl groups excluding tert-OH is 2. The molecule has 0 amide bonds. The third kappa shape index (κ3) is 2.55. The molecule has 4 fully saturated rings. The topological polar surface area (TPSA) is 40.5 Å². The van der Waals surface area contributed by atoms with E-state index in [0.29, 0.717) is 23.2 Å². The maximum absolute atomic E-state index is 12.0. The summed E-state index contributed by atoms with van der Waals surface area (Å²) in [4.78, 5) is 0. The first kappa shape index (κ1) is 23.4. The Kier molecular flexibility index (Phi) is 5.02. The lowest BCUT2D eigenvalue weighted by Gasteiger charge is -2.70. The molecule has 5 aliphatic rings. The van der Waals surface area contributed by atoms with Gasteiger partial charge in [0.25, 0.3) is 0 Å². The molecule has 0 aromatic rings. The molecule has 0 aromatic heterocycles. The molecule has 0 heterocycles. The quantitative estimate of drug-likeness (QED) is 0.429. The second kappa shape index (κ2) is 6.87. The number of aliphatic hydroxyl groups is 2. The van der Waals surface area contributed by atoms with Crippen molar-refractivity contribution in [1.29, 1.82) is 0 Å². The monoisotopic (exact) mass is 442 g/mol. The average Bonchev–Trinajstić information content (AvgIpc) is 3.07. The van der Waals surface area contributed by atoms with Gasteiger partial charge in [-0.05, 0) is 103 Å². The van der Waals surface area contributed by atoms with E-state index < -0.39 is 0 Å². The largest absolute Gasteiger partial charge is 0.393 e. The highest BCUT2D eigenvalue weighted by Gasteiger charge is 2.70. The molecule has 10 atom stereocenters. The Bertz CT molecular complexity index is 812. The van der Waals surface area contributed by atoms with E-state index in [1.165, 1.54) is 38.5 Å². The standard InChI is InChI=1S/C30H50O2/c1-18(2)19-9-12-23-28(19,6)15-16-29(7)20-10-11-22-26(3,4)24(31)13-14-27(22,5)21(20)17-25(32)30(23,29)8/h17-20,22-25,31-32H,9-16H2,1-8H3/t19-,20+,22+,23-,24+,25+,27-,28-,29-,30-/m1/s1. The zero-order chi connectivity index (χ0) is 23.5. The first-order valence-electron chi connectivity index (χ1n) is 13.8. The molecule has 0 saturated heterocycles. The fourth-order valence-electron chi connectivity index (χ4n) is 11.3. The molecule has 0 radical (unpaired) electrons. The van der Waals surface area contributed by atoms with E-state index in [1.54, 1.807) is 5.57 Å². The van der Waals surface area contributed by atoms with Crippen molar-refractivity contribution in [2.45, 2.75) is 119 Å². The molecule has 4 saturated carbocycles. The van der Waals surface area contributed by atoms with Gasteiger partial charge in [0, 0.05) is 5.41 Å². The minimum absolute atomic E-state index is 0.0370. The lowest BCUT2D eigenvalue weighted by atomic mass is 9.35. The fourth-order valence-corrected chi connectivity index (χ4v) is 11.3. The molecule has 2 N–H and O–H groups in total. The molecule has 5 aliphatic carbocycles. The third-order valence-electron chi connectivity index (χ3n) is 13.3. The van der Waals surface area contributed by atoms with Crippen molar-refractivity contribution in [1.82, 2.24) is 0 Å². The van der Waals surface area contributed by atoms with E-state index in [9.17, 15) is 10.2 Å². The first-order valence-corrected chi connectivity index (χ1v) is 13.8. The van der Waals surface area contributed by atoms with Crippen molar-refractivity contribution in [2.24, 2.45) is 56.7 Å². The summed E-state index contributed by atoms with van der Waals surface area (Å²) >= 11 is 0. The summed E-state index contributed by atoms with van der Waals surface area (Å²) in [6.07, 6.45) is 11.5. The Morgan fingerprint density at radius 2 is 1.47 bits per heavy atom. The van der Waals surface area contributed by atoms with Gasteiger partial charge in [-0.25, -0.2) is 0 Å². The summed E-state index contributed by atoms with van der Waals surface area (Å²) < 4.78 is 0. The number of rotatable bonds is 1. The maximum Gasteiger partial charge on any atom is 0.0785 e. The van der Waals surface area contributed by atoms with Crippen molar-refractivity contribution in [3.8, 4) is 0 Å². The molecule has 2 heteroatoms. The molecule has 0 unspecified atom stereocenters. The van der Waals surface area contributed by atoms with Crippen LogP contribution in [0.3, 0.4) is 0 Å². The fraction of sp³-hybridized carbons (Fsp3) is 0.933. The van der Waals surface area contributed by atoms with Gasteiger partial charge < -0.3 is 10.2 Å². The summed E-state index contributed by atoms with van der Waals surface area (Å²) in [6.45, 7) is 19.6. The van der Waals surface area contributed by atoms with E-state index in [1.807, 2.05) is 0 Å². The summed E-state index contributed by atoms with van der Waals surface area (Å²) in [6, 6.07) is 0. The van der Waals surface area contributed by atoms with Gasteiger partial charge in [-0.3, -0.25) is 0 Å².